The summed E-state index contributed by atoms with van der Waals surface area (Å²) in [5.74, 6) is 2.07. The summed E-state index contributed by atoms with van der Waals surface area (Å²) in [6.45, 7) is 3.07. The van der Waals surface area contributed by atoms with Crippen LogP contribution >= 0.6 is 11.8 Å². The summed E-state index contributed by atoms with van der Waals surface area (Å²) in [4.78, 5) is 4.61. The second-order valence-electron chi connectivity index (χ2n) is 6.71. The molecule has 152 valence electrons. The Labute approximate surface area is 167 Å². The van der Waals surface area contributed by atoms with E-state index in [1.165, 1.54) is 12.8 Å². The Hall–Kier alpha value is -1.60. The van der Waals surface area contributed by atoms with Crippen LogP contribution in [0.25, 0.3) is 0 Å². The molecule has 1 aliphatic rings. The van der Waals surface area contributed by atoms with Crippen molar-refractivity contribution in [2.45, 2.75) is 50.0 Å². The standard InChI is InChI=1S/C20H33N3O3S/c1-5-21-20(23-14-7-6-8-16(11-14)27-4)22-13-18(24)17-12-15(25-2)9-10-19(17)26-3/h9-10,12,14,16,18,24H,5-8,11,13H2,1-4H3,(H2,21,22,23). The molecule has 0 aliphatic heterocycles. The first kappa shape index (κ1) is 21.7. The van der Waals surface area contributed by atoms with E-state index in [-0.39, 0.29) is 6.54 Å². The van der Waals surface area contributed by atoms with Gasteiger partial charge in [0.05, 0.1) is 20.8 Å². The molecule has 1 aromatic carbocycles. The summed E-state index contributed by atoms with van der Waals surface area (Å²) in [5, 5.41) is 18.2. The van der Waals surface area contributed by atoms with E-state index in [0.29, 0.717) is 28.4 Å². The Bertz CT molecular complexity index is 612. The van der Waals surface area contributed by atoms with Crippen molar-refractivity contribution in [3.63, 3.8) is 0 Å². The number of ether oxygens (including phenoxy) is 2. The van der Waals surface area contributed by atoms with Gasteiger partial charge in [-0.1, -0.05) is 6.42 Å². The highest BCUT2D eigenvalue weighted by atomic mass is 32.2. The fraction of sp³-hybridized carbons (Fsp3) is 0.650. The second-order valence-corrected chi connectivity index (χ2v) is 7.85. The van der Waals surface area contributed by atoms with Gasteiger partial charge < -0.3 is 25.2 Å². The van der Waals surface area contributed by atoms with E-state index in [9.17, 15) is 5.11 Å². The van der Waals surface area contributed by atoms with Crippen LogP contribution in [0.2, 0.25) is 0 Å². The Morgan fingerprint density at radius 3 is 2.81 bits per heavy atom. The molecule has 0 amide bonds. The van der Waals surface area contributed by atoms with Crippen LogP contribution in [0.4, 0.5) is 0 Å². The molecular formula is C20H33N3O3S. The molecule has 6 nitrogen and oxygen atoms in total. The molecule has 3 atom stereocenters. The number of benzene rings is 1. The number of thioether (sulfide) groups is 1. The van der Waals surface area contributed by atoms with E-state index < -0.39 is 6.10 Å². The largest absolute Gasteiger partial charge is 0.497 e. The third-order valence-electron chi connectivity index (χ3n) is 4.86. The van der Waals surface area contributed by atoms with Crippen LogP contribution in [-0.2, 0) is 0 Å². The molecule has 7 heteroatoms. The lowest BCUT2D eigenvalue weighted by molar-refractivity contribution is 0.182. The Morgan fingerprint density at radius 1 is 1.33 bits per heavy atom. The molecule has 0 heterocycles. The molecule has 2 rings (SSSR count). The number of rotatable bonds is 8. The third-order valence-corrected chi connectivity index (χ3v) is 5.96. The fourth-order valence-corrected chi connectivity index (χ4v) is 4.21. The number of guanidine groups is 1. The van der Waals surface area contributed by atoms with Gasteiger partial charge in [-0.3, -0.25) is 4.99 Å². The zero-order valence-corrected chi connectivity index (χ0v) is 17.6. The molecule has 3 unspecified atom stereocenters. The van der Waals surface area contributed by atoms with Crippen molar-refractivity contribution in [3.05, 3.63) is 23.8 Å². The first-order valence-electron chi connectivity index (χ1n) is 9.58. The predicted molar refractivity (Wildman–Crippen MR) is 113 cm³/mol. The highest BCUT2D eigenvalue weighted by Gasteiger charge is 2.22. The monoisotopic (exact) mass is 395 g/mol. The van der Waals surface area contributed by atoms with Crippen molar-refractivity contribution < 1.29 is 14.6 Å². The van der Waals surface area contributed by atoms with Crippen molar-refractivity contribution in [2.24, 2.45) is 4.99 Å². The molecule has 0 aromatic heterocycles. The molecule has 1 aliphatic carbocycles. The lowest BCUT2D eigenvalue weighted by atomic mass is 9.95. The number of aliphatic hydroxyl groups excluding tert-OH is 1. The summed E-state index contributed by atoms with van der Waals surface area (Å²) in [7, 11) is 3.20. The van der Waals surface area contributed by atoms with Crippen LogP contribution in [0, 0.1) is 0 Å². The number of nitrogens with one attached hydrogen (secondary N) is 2. The SMILES string of the molecule is CCNC(=NCC(O)c1cc(OC)ccc1OC)NC1CCCC(SC)C1. The normalized spacial score (nSPS) is 21.4. The number of hydrogen-bond donors (Lipinski definition) is 3. The number of aliphatic hydroxyl groups is 1. The third kappa shape index (κ3) is 6.50. The molecule has 27 heavy (non-hydrogen) atoms. The van der Waals surface area contributed by atoms with Crippen molar-refractivity contribution in [1.82, 2.24) is 10.6 Å². The fourth-order valence-electron chi connectivity index (χ4n) is 3.38. The van der Waals surface area contributed by atoms with Crippen LogP contribution in [0.3, 0.4) is 0 Å². The Balaban J connectivity index is 2.05. The van der Waals surface area contributed by atoms with Crippen LogP contribution in [0.1, 0.15) is 44.3 Å². The van der Waals surface area contributed by atoms with Crippen LogP contribution < -0.4 is 20.1 Å². The van der Waals surface area contributed by atoms with Crippen LogP contribution in [-0.4, -0.2) is 55.9 Å². The maximum absolute atomic E-state index is 10.7. The summed E-state index contributed by atoms with van der Waals surface area (Å²) in [6.07, 6.45) is 6.26. The van der Waals surface area contributed by atoms with Gasteiger partial charge in [0.15, 0.2) is 5.96 Å². The van der Waals surface area contributed by atoms with E-state index in [2.05, 4.69) is 21.9 Å². The van der Waals surface area contributed by atoms with Crippen molar-refractivity contribution in [2.75, 3.05) is 33.6 Å². The molecule has 1 aromatic rings. The highest BCUT2D eigenvalue weighted by molar-refractivity contribution is 7.99. The maximum Gasteiger partial charge on any atom is 0.191 e. The first-order valence-corrected chi connectivity index (χ1v) is 10.9. The van der Waals surface area contributed by atoms with Gasteiger partial charge in [-0.05, 0) is 50.6 Å². The van der Waals surface area contributed by atoms with Gasteiger partial charge in [0, 0.05) is 23.4 Å². The molecule has 0 bridgehead atoms. The zero-order chi connectivity index (χ0) is 19.6. The van der Waals surface area contributed by atoms with E-state index in [0.717, 1.165) is 25.3 Å². The van der Waals surface area contributed by atoms with Crippen molar-refractivity contribution in [1.29, 1.82) is 0 Å². The van der Waals surface area contributed by atoms with Gasteiger partial charge in [0.2, 0.25) is 0 Å². The zero-order valence-electron chi connectivity index (χ0n) is 16.8. The number of nitrogens with zero attached hydrogens (tertiary/aromatic N) is 1. The van der Waals surface area contributed by atoms with Gasteiger partial charge in [-0.15, -0.1) is 0 Å². The number of aliphatic imine (C=N–C) groups is 1. The minimum Gasteiger partial charge on any atom is -0.497 e. The van der Waals surface area contributed by atoms with Crippen LogP contribution in [0.15, 0.2) is 23.2 Å². The smallest absolute Gasteiger partial charge is 0.191 e. The lowest BCUT2D eigenvalue weighted by Gasteiger charge is -2.30. The molecule has 3 N–H and O–H groups in total. The van der Waals surface area contributed by atoms with E-state index in [1.807, 2.05) is 24.8 Å². The van der Waals surface area contributed by atoms with Gasteiger partial charge in [0.25, 0.3) is 0 Å². The van der Waals surface area contributed by atoms with Crippen LogP contribution in [0.5, 0.6) is 11.5 Å². The average molecular weight is 396 g/mol. The first-order chi connectivity index (χ1) is 13.1. The summed E-state index contributed by atoms with van der Waals surface area (Å²) >= 11 is 1.95. The second kappa shape index (κ2) is 11.3. The minimum atomic E-state index is -0.768. The predicted octanol–water partition coefficient (Wildman–Crippen LogP) is 2.97. The van der Waals surface area contributed by atoms with Gasteiger partial charge in [-0.25, -0.2) is 0 Å². The Kier molecular flexibility index (Phi) is 9.07. The topological polar surface area (TPSA) is 75.1 Å². The Morgan fingerprint density at radius 2 is 2.15 bits per heavy atom. The molecule has 0 radical (unpaired) electrons. The van der Waals surface area contributed by atoms with Gasteiger partial charge in [-0.2, -0.15) is 11.8 Å². The van der Waals surface area contributed by atoms with Gasteiger partial charge in [0.1, 0.15) is 17.6 Å². The number of methoxy groups -OCH3 is 2. The quantitative estimate of drug-likeness (QED) is 0.464. The molecule has 0 saturated heterocycles. The van der Waals surface area contributed by atoms with E-state index in [4.69, 9.17) is 9.47 Å². The molecule has 0 spiro atoms. The summed E-state index contributed by atoms with van der Waals surface area (Å²) < 4.78 is 10.6. The number of hydrogen-bond acceptors (Lipinski definition) is 5. The highest BCUT2D eigenvalue weighted by Crippen LogP contribution is 2.30. The summed E-state index contributed by atoms with van der Waals surface area (Å²) in [5.41, 5.74) is 0.677. The lowest BCUT2D eigenvalue weighted by Crippen LogP contribution is -2.45. The van der Waals surface area contributed by atoms with E-state index >= 15 is 0 Å². The maximum atomic E-state index is 10.7. The van der Waals surface area contributed by atoms with Gasteiger partial charge >= 0.3 is 0 Å². The van der Waals surface area contributed by atoms with Crippen molar-refractivity contribution >= 4 is 17.7 Å². The average Bonchev–Trinajstić information content (AvgIpc) is 2.71. The molecular weight excluding hydrogens is 362 g/mol. The van der Waals surface area contributed by atoms with E-state index in [1.54, 1.807) is 26.4 Å². The van der Waals surface area contributed by atoms with Crippen molar-refractivity contribution in [3.8, 4) is 11.5 Å². The molecule has 1 fully saturated rings. The molecule has 1 saturated carbocycles. The summed E-state index contributed by atoms with van der Waals surface area (Å²) in [6, 6.07) is 5.84. The minimum absolute atomic E-state index is 0.248.